The Morgan fingerprint density at radius 2 is 0.798 bits per heavy atom. The molecule has 0 bridgehead atoms. The van der Waals surface area contributed by atoms with E-state index in [1.165, 1.54) is 32.7 Å². The Bertz CT molecular complexity index is 4360. The first-order chi connectivity index (χ1) is 41.5. The van der Waals surface area contributed by atoms with Crippen molar-refractivity contribution in [3.8, 4) is 17.2 Å². The van der Waals surface area contributed by atoms with Gasteiger partial charge in [-0.15, -0.1) is 0 Å². The van der Waals surface area contributed by atoms with Gasteiger partial charge in [-0.1, -0.05) is 212 Å². The fraction of sp³-hybridized carbons (Fsp3) is 0.0256. The average molecular weight is 1080 g/mol. The molecule has 0 radical (unpaired) electrons. The molecular formula is C78H57N5O. The summed E-state index contributed by atoms with van der Waals surface area (Å²) in [6.45, 7) is 9.71. The van der Waals surface area contributed by atoms with E-state index in [1.807, 2.05) is 85.8 Å². The Hall–Kier alpha value is -11.3. The molecule has 1 N–H and O–H groups in total. The van der Waals surface area contributed by atoms with E-state index in [-0.39, 0.29) is 6.61 Å². The van der Waals surface area contributed by atoms with Crippen molar-refractivity contribution in [3.05, 3.63) is 336 Å². The SMILES string of the molecule is [C-]#[N+]c1c(C=Cc2ccc(N(c3ccccc3)c3ccc(CO)cc3)cc2)ccc2c(C#N)c(C)ccc12.c1ccc(N(c2ccc(-c3ccc(N(c4ccccc4)c4cccc5ccccc45)cc3)cc2)c2cccc3ccccc23)cc1. The number of benzene rings is 13. The normalized spacial score (nSPS) is 11.0. The third-order valence-corrected chi connectivity index (χ3v) is 15.3. The maximum atomic E-state index is 9.58. The molecule has 400 valence electrons. The van der Waals surface area contributed by atoms with Gasteiger partial charge in [0.15, 0.2) is 0 Å². The van der Waals surface area contributed by atoms with Gasteiger partial charge in [0, 0.05) is 50.6 Å². The Balaban J connectivity index is 0.000000169. The van der Waals surface area contributed by atoms with Gasteiger partial charge >= 0.3 is 0 Å². The number of nitrogens with zero attached hydrogens (tertiary/aromatic N) is 5. The first-order valence-corrected chi connectivity index (χ1v) is 28.0. The van der Waals surface area contributed by atoms with Crippen LogP contribution in [0.25, 0.3) is 60.4 Å². The molecule has 6 heteroatoms. The molecule has 13 aromatic carbocycles. The van der Waals surface area contributed by atoms with Gasteiger partial charge in [0.1, 0.15) is 0 Å². The minimum atomic E-state index is 0.0121. The van der Waals surface area contributed by atoms with E-state index in [1.54, 1.807) is 0 Å². The van der Waals surface area contributed by atoms with Crippen LogP contribution in [0, 0.1) is 24.8 Å². The van der Waals surface area contributed by atoms with E-state index in [0.29, 0.717) is 11.3 Å². The van der Waals surface area contributed by atoms with Gasteiger partial charge in [0.05, 0.1) is 36.2 Å². The van der Waals surface area contributed by atoms with E-state index in [2.05, 4.69) is 256 Å². The minimum absolute atomic E-state index is 0.0121. The van der Waals surface area contributed by atoms with Gasteiger partial charge in [0.2, 0.25) is 5.69 Å². The Labute approximate surface area is 491 Å². The van der Waals surface area contributed by atoms with Crippen LogP contribution < -0.4 is 14.7 Å². The fourth-order valence-electron chi connectivity index (χ4n) is 11.0. The zero-order chi connectivity index (χ0) is 57.2. The summed E-state index contributed by atoms with van der Waals surface area (Å²) in [6, 6.07) is 105. The lowest BCUT2D eigenvalue weighted by Crippen LogP contribution is -2.10. The molecule has 0 heterocycles. The van der Waals surface area contributed by atoms with Crippen LogP contribution in [-0.2, 0) is 6.61 Å². The number of aliphatic hydroxyl groups is 1. The van der Waals surface area contributed by atoms with Gasteiger partial charge in [-0.3, -0.25) is 0 Å². The highest BCUT2D eigenvalue weighted by atomic mass is 16.3. The molecule has 0 aliphatic heterocycles. The molecule has 84 heavy (non-hydrogen) atoms. The number of rotatable bonds is 13. The third kappa shape index (κ3) is 11.1. The van der Waals surface area contributed by atoms with Gasteiger partial charge in [-0.05, 0) is 159 Å². The topological polar surface area (TPSA) is 58.1 Å². The summed E-state index contributed by atoms with van der Waals surface area (Å²) in [4.78, 5) is 10.7. The number of hydrogen-bond donors (Lipinski definition) is 1. The molecule has 0 atom stereocenters. The zero-order valence-electron chi connectivity index (χ0n) is 46.3. The van der Waals surface area contributed by atoms with Crippen molar-refractivity contribution in [2.45, 2.75) is 13.5 Å². The molecule has 0 aliphatic rings. The first kappa shape index (κ1) is 53.4. The fourth-order valence-corrected chi connectivity index (χ4v) is 11.0. The van der Waals surface area contributed by atoms with Crippen LogP contribution in [0.5, 0.6) is 0 Å². The maximum absolute atomic E-state index is 9.58. The average Bonchev–Trinajstić information content (AvgIpc) is 3.48. The van der Waals surface area contributed by atoms with Crippen molar-refractivity contribution >= 4 is 101 Å². The van der Waals surface area contributed by atoms with Crippen LogP contribution in [-0.4, -0.2) is 5.11 Å². The summed E-state index contributed by atoms with van der Waals surface area (Å²) >= 11 is 0. The second-order valence-electron chi connectivity index (χ2n) is 20.4. The van der Waals surface area contributed by atoms with Crippen molar-refractivity contribution in [3.63, 3.8) is 0 Å². The summed E-state index contributed by atoms with van der Waals surface area (Å²) in [7, 11) is 0. The molecule has 0 saturated carbocycles. The highest BCUT2D eigenvalue weighted by molar-refractivity contribution is 6.03. The highest BCUT2D eigenvalue weighted by Gasteiger charge is 2.19. The number of para-hydroxylation sites is 3. The third-order valence-electron chi connectivity index (χ3n) is 15.3. The van der Waals surface area contributed by atoms with E-state index < -0.39 is 0 Å². The molecule has 0 fully saturated rings. The van der Waals surface area contributed by atoms with Gasteiger partial charge < -0.3 is 19.8 Å². The van der Waals surface area contributed by atoms with Gasteiger partial charge in [-0.2, -0.15) is 5.26 Å². The van der Waals surface area contributed by atoms with E-state index in [9.17, 15) is 10.4 Å². The number of nitriles is 1. The van der Waals surface area contributed by atoms with Crippen molar-refractivity contribution in [1.82, 2.24) is 0 Å². The van der Waals surface area contributed by atoms with Crippen molar-refractivity contribution in [1.29, 1.82) is 5.26 Å². The molecular weight excluding hydrogens is 1020 g/mol. The summed E-state index contributed by atoms with van der Waals surface area (Å²) in [5.74, 6) is 0. The molecule has 6 nitrogen and oxygen atoms in total. The van der Waals surface area contributed by atoms with E-state index in [0.717, 1.165) is 84.2 Å². The monoisotopic (exact) mass is 1080 g/mol. The number of fused-ring (bicyclic) bond motifs is 3. The Morgan fingerprint density at radius 3 is 1.27 bits per heavy atom. The maximum Gasteiger partial charge on any atom is 0.202 e. The molecule has 13 aromatic rings. The van der Waals surface area contributed by atoms with E-state index in [4.69, 9.17) is 6.57 Å². The molecule has 0 aromatic heterocycles. The smallest absolute Gasteiger partial charge is 0.202 e. The molecule has 13 rings (SSSR count). The lowest BCUT2D eigenvalue weighted by Gasteiger charge is -2.27. The number of anilines is 9. The predicted molar refractivity (Wildman–Crippen MR) is 352 cm³/mol. The molecule has 0 unspecified atom stereocenters. The standard InChI is InChI=1S/C44H32N2.C34H25N3O/c1-3-17-37(18-4-1)45(43-23-11-15-35-13-7-9-21-41(35)43)39-29-25-33(26-30-39)34-27-31-40(32-28-34)46(38-19-5-2-6-20-38)44-24-12-16-36-14-8-10-22-42(36)44;1-24-8-20-32-31(33(24)22-35)21-15-27(34(32)36-2)14-9-25-10-16-29(17-11-25)37(28-6-4-3-5-7-28)30-18-12-26(23-38)13-19-30/h1-32H;3-21,38H,23H2,1H3. The lowest BCUT2D eigenvalue weighted by molar-refractivity contribution is 0.282. The minimum Gasteiger partial charge on any atom is -0.392 e. The second-order valence-corrected chi connectivity index (χ2v) is 20.4. The quantitative estimate of drug-likeness (QED) is 0.0921. The highest BCUT2D eigenvalue weighted by Crippen LogP contribution is 2.43. The van der Waals surface area contributed by atoms with Crippen molar-refractivity contribution in [2.75, 3.05) is 14.7 Å². The van der Waals surface area contributed by atoms with Gasteiger partial charge in [-0.25, -0.2) is 4.85 Å². The van der Waals surface area contributed by atoms with Crippen LogP contribution in [0.15, 0.2) is 297 Å². The zero-order valence-corrected chi connectivity index (χ0v) is 46.3. The van der Waals surface area contributed by atoms with Crippen LogP contribution in [0.4, 0.5) is 56.9 Å². The molecule has 0 saturated heterocycles. The van der Waals surface area contributed by atoms with Crippen LogP contribution in [0.2, 0.25) is 0 Å². The Kier molecular flexibility index (Phi) is 15.6. The molecule has 0 aliphatic carbocycles. The first-order valence-electron chi connectivity index (χ1n) is 28.0. The molecule has 0 amide bonds. The Morgan fingerprint density at radius 1 is 0.393 bits per heavy atom. The number of aryl methyl sites for hydroxylation is 1. The summed E-state index contributed by atoms with van der Waals surface area (Å²) in [6.07, 6.45) is 3.96. The van der Waals surface area contributed by atoms with Crippen LogP contribution >= 0.6 is 0 Å². The second kappa shape index (κ2) is 24.6. The van der Waals surface area contributed by atoms with Crippen LogP contribution in [0.1, 0.15) is 27.8 Å². The summed E-state index contributed by atoms with van der Waals surface area (Å²) in [5, 5.41) is 25.5. The van der Waals surface area contributed by atoms with Crippen molar-refractivity contribution in [2.24, 2.45) is 0 Å². The summed E-state index contributed by atoms with van der Waals surface area (Å²) < 4.78 is 0. The van der Waals surface area contributed by atoms with Crippen LogP contribution in [0.3, 0.4) is 0 Å². The molecule has 0 spiro atoms. The lowest BCUT2D eigenvalue weighted by atomic mass is 9.96. The predicted octanol–water partition coefficient (Wildman–Crippen LogP) is 21.3. The van der Waals surface area contributed by atoms with E-state index >= 15 is 0 Å². The van der Waals surface area contributed by atoms with Crippen molar-refractivity contribution < 1.29 is 5.11 Å². The summed E-state index contributed by atoms with van der Waals surface area (Å²) in [5.41, 5.74) is 17.0. The number of aliphatic hydroxyl groups excluding tert-OH is 1. The van der Waals surface area contributed by atoms with Gasteiger partial charge in [0.25, 0.3) is 0 Å². The number of hydrogen-bond acceptors (Lipinski definition) is 5. The largest absolute Gasteiger partial charge is 0.392 e.